The molecule has 3 rings (SSSR count). The molecular formula is C38H62N4O9. The zero-order chi connectivity index (χ0) is 38.1. The van der Waals surface area contributed by atoms with Crippen molar-refractivity contribution in [1.29, 1.82) is 0 Å². The van der Waals surface area contributed by atoms with Gasteiger partial charge >= 0.3 is 12.2 Å². The van der Waals surface area contributed by atoms with Crippen LogP contribution in [0, 0.1) is 17.8 Å². The second kappa shape index (κ2) is 18.3. The molecule has 2 fully saturated rings. The molecule has 1 aromatic rings. The van der Waals surface area contributed by atoms with E-state index in [1.807, 2.05) is 57.7 Å². The molecule has 1 saturated heterocycles. The predicted octanol–water partition coefficient (Wildman–Crippen LogP) is 4.97. The number of aliphatic hydroxyl groups excluding tert-OH is 1. The number of carbonyl (C=O) groups is 4. The minimum atomic E-state index is -0.752. The van der Waals surface area contributed by atoms with Gasteiger partial charge in [0.25, 0.3) is 0 Å². The van der Waals surface area contributed by atoms with Gasteiger partial charge in [-0.25, -0.2) is 9.59 Å². The average Bonchev–Trinajstić information content (AvgIpc) is 3.88. The van der Waals surface area contributed by atoms with Crippen LogP contribution in [-0.2, 0) is 36.9 Å². The highest BCUT2D eigenvalue weighted by Gasteiger charge is 2.43. The van der Waals surface area contributed by atoms with Crippen molar-refractivity contribution in [3.8, 4) is 5.75 Å². The van der Waals surface area contributed by atoms with E-state index < -0.39 is 41.3 Å². The van der Waals surface area contributed by atoms with E-state index in [-0.39, 0.29) is 56.4 Å². The van der Waals surface area contributed by atoms with Crippen LogP contribution in [0.4, 0.5) is 9.59 Å². The molecule has 1 heterocycles. The van der Waals surface area contributed by atoms with Crippen molar-refractivity contribution in [2.45, 2.75) is 117 Å². The maximum absolute atomic E-state index is 14.4. The van der Waals surface area contributed by atoms with Crippen LogP contribution in [0.25, 0.3) is 0 Å². The summed E-state index contributed by atoms with van der Waals surface area (Å²) in [5.74, 6) is -0.870. The molecule has 0 bridgehead atoms. The van der Waals surface area contributed by atoms with Gasteiger partial charge in [0.05, 0.1) is 38.2 Å². The third-order valence-electron chi connectivity index (χ3n) is 8.62. The first-order valence-electron chi connectivity index (χ1n) is 18.2. The van der Waals surface area contributed by atoms with Crippen molar-refractivity contribution in [3.05, 3.63) is 29.3 Å². The Morgan fingerprint density at radius 2 is 1.53 bits per heavy atom. The van der Waals surface area contributed by atoms with Gasteiger partial charge in [0.2, 0.25) is 11.8 Å². The van der Waals surface area contributed by atoms with E-state index in [9.17, 15) is 24.3 Å². The van der Waals surface area contributed by atoms with Crippen LogP contribution in [0.15, 0.2) is 18.2 Å². The molecule has 0 radical (unpaired) electrons. The molecule has 13 heteroatoms. The van der Waals surface area contributed by atoms with Crippen molar-refractivity contribution in [2.75, 3.05) is 47.1 Å². The van der Waals surface area contributed by atoms with Gasteiger partial charge in [-0.05, 0) is 96.4 Å². The normalized spacial score (nSPS) is 18.5. The third-order valence-corrected chi connectivity index (χ3v) is 8.62. The summed E-state index contributed by atoms with van der Waals surface area (Å²) < 4.78 is 22.2. The molecule has 1 aromatic carbocycles. The number of carbonyl (C=O) groups excluding carboxylic acids is 4. The van der Waals surface area contributed by atoms with Gasteiger partial charge in [-0.2, -0.15) is 0 Å². The standard InChI is InChI=1S/C38H62N4O9/c1-25(2)15-30(24-43)39-33(44)28-19-29(23-41(22-28)36(47)51-38(6,7)8)34(45)42(31-11-12-31)21-27-16-26(17-32(18-27)49-10)20-40(13-14-48-9)35(46)50-37(3,4)5/h16-18,25,28-31,43H,11-15,19-24H2,1-10H3,(H,39,44)/t28-,29+,30?/m0/s1. The minimum absolute atomic E-state index is 0.0288. The number of hydrogen-bond donors (Lipinski definition) is 2. The van der Waals surface area contributed by atoms with Gasteiger partial charge in [-0.15, -0.1) is 0 Å². The monoisotopic (exact) mass is 718 g/mol. The SMILES string of the molecule is COCCN(Cc1cc(CN(C(=O)[C@@H]2C[C@H](C(=O)NC(CO)CC(C)C)CN(C(=O)OC(C)(C)C)C2)C2CC2)cc(OC)c1)C(=O)OC(C)(C)C. The number of aliphatic hydroxyl groups is 1. The smallest absolute Gasteiger partial charge is 0.410 e. The molecule has 288 valence electrons. The first kappa shape index (κ1) is 41.8. The number of likely N-dealkylation sites (tertiary alicyclic amines) is 1. The van der Waals surface area contributed by atoms with E-state index in [1.165, 1.54) is 4.90 Å². The van der Waals surface area contributed by atoms with Crippen molar-refractivity contribution in [3.63, 3.8) is 0 Å². The van der Waals surface area contributed by atoms with E-state index >= 15 is 0 Å². The number of ether oxygens (including phenoxy) is 4. The molecule has 1 aliphatic heterocycles. The van der Waals surface area contributed by atoms with Crippen LogP contribution < -0.4 is 10.1 Å². The third kappa shape index (κ3) is 13.8. The zero-order valence-corrected chi connectivity index (χ0v) is 32.5. The molecule has 0 spiro atoms. The molecular weight excluding hydrogens is 656 g/mol. The fourth-order valence-electron chi connectivity index (χ4n) is 6.23. The number of methoxy groups -OCH3 is 2. The lowest BCUT2D eigenvalue weighted by molar-refractivity contribution is -0.140. The maximum atomic E-state index is 14.4. The van der Waals surface area contributed by atoms with E-state index in [0.717, 1.165) is 24.0 Å². The lowest BCUT2D eigenvalue weighted by atomic mass is 9.87. The quantitative estimate of drug-likeness (QED) is 0.257. The van der Waals surface area contributed by atoms with Crippen LogP contribution in [0.5, 0.6) is 5.75 Å². The van der Waals surface area contributed by atoms with Gasteiger partial charge in [0.1, 0.15) is 17.0 Å². The molecule has 0 aromatic heterocycles. The Morgan fingerprint density at radius 3 is 2.06 bits per heavy atom. The molecule has 1 unspecified atom stereocenters. The van der Waals surface area contributed by atoms with Gasteiger partial charge < -0.3 is 44.1 Å². The molecule has 1 aliphatic carbocycles. The molecule has 51 heavy (non-hydrogen) atoms. The first-order valence-corrected chi connectivity index (χ1v) is 18.2. The fraction of sp³-hybridized carbons (Fsp3) is 0.737. The van der Waals surface area contributed by atoms with E-state index in [4.69, 9.17) is 18.9 Å². The van der Waals surface area contributed by atoms with Crippen LogP contribution in [0.2, 0.25) is 0 Å². The molecule has 2 aliphatic rings. The number of hydrogen-bond acceptors (Lipinski definition) is 9. The highest BCUT2D eigenvalue weighted by atomic mass is 16.6. The van der Waals surface area contributed by atoms with Crippen molar-refractivity contribution in [1.82, 2.24) is 20.0 Å². The minimum Gasteiger partial charge on any atom is -0.497 e. The van der Waals surface area contributed by atoms with Crippen molar-refractivity contribution in [2.24, 2.45) is 17.8 Å². The largest absolute Gasteiger partial charge is 0.497 e. The number of nitrogens with zero attached hydrogens (tertiary/aromatic N) is 3. The van der Waals surface area contributed by atoms with Gasteiger partial charge in [0.15, 0.2) is 0 Å². The van der Waals surface area contributed by atoms with Gasteiger partial charge in [0, 0.05) is 45.9 Å². The Labute approximate surface area is 304 Å². The highest BCUT2D eigenvalue weighted by molar-refractivity contribution is 5.84. The summed E-state index contributed by atoms with van der Waals surface area (Å²) in [5.41, 5.74) is 0.214. The highest BCUT2D eigenvalue weighted by Crippen LogP contribution is 2.34. The molecule has 1 saturated carbocycles. The number of rotatable bonds is 15. The lowest BCUT2D eigenvalue weighted by Gasteiger charge is -2.39. The molecule has 2 N–H and O–H groups in total. The predicted molar refractivity (Wildman–Crippen MR) is 193 cm³/mol. The number of piperidine rings is 1. The lowest BCUT2D eigenvalue weighted by Crippen LogP contribution is -2.54. The summed E-state index contributed by atoms with van der Waals surface area (Å²) in [6.45, 7) is 16.1. The van der Waals surface area contributed by atoms with E-state index in [0.29, 0.717) is 31.9 Å². The maximum Gasteiger partial charge on any atom is 0.410 e. The molecule has 3 atom stereocenters. The van der Waals surface area contributed by atoms with Crippen LogP contribution in [-0.4, -0.2) is 114 Å². The Morgan fingerprint density at radius 1 is 0.922 bits per heavy atom. The number of amides is 4. The summed E-state index contributed by atoms with van der Waals surface area (Å²) in [5, 5.41) is 12.9. The summed E-state index contributed by atoms with van der Waals surface area (Å²) in [7, 11) is 3.15. The summed E-state index contributed by atoms with van der Waals surface area (Å²) in [6.07, 6.45) is 1.54. The number of nitrogens with one attached hydrogen (secondary N) is 1. The van der Waals surface area contributed by atoms with Crippen molar-refractivity contribution >= 4 is 24.0 Å². The second-order valence-electron chi connectivity index (χ2n) is 16.3. The zero-order valence-electron chi connectivity index (χ0n) is 32.5. The fourth-order valence-corrected chi connectivity index (χ4v) is 6.23. The van der Waals surface area contributed by atoms with E-state index in [1.54, 1.807) is 39.9 Å². The Hall–Kier alpha value is -3.58. The van der Waals surface area contributed by atoms with Gasteiger partial charge in [-0.3, -0.25) is 9.59 Å². The first-order chi connectivity index (χ1) is 23.8. The van der Waals surface area contributed by atoms with Crippen LogP contribution in [0.1, 0.15) is 92.2 Å². The van der Waals surface area contributed by atoms with Crippen LogP contribution >= 0.6 is 0 Å². The summed E-state index contributed by atoms with van der Waals surface area (Å²) >= 11 is 0. The van der Waals surface area contributed by atoms with Crippen molar-refractivity contribution < 1.29 is 43.2 Å². The van der Waals surface area contributed by atoms with Gasteiger partial charge in [-0.1, -0.05) is 19.9 Å². The number of benzene rings is 1. The summed E-state index contributed by atoms with van der Waals surface area (Å²) in [4.78, 5) is 59.3. The summed E-state index contributed by atoms with van der Waals surface area (Å²) in [6, 6.07) is 5.31. The Balaban J connectivity index is 1.88. The topological polar surface area (TPSA) is 147 Å². The molecule has 13 nitrogen and oxygen atoms in total. The average molecular weight is 719 g/mol. The Bertz CT molecular complexity index is 1340. The van der Waals surface area contributed by atoms with Crippen LogP contribution in [0.3, 0.4) is 0 Å². The Kier molecular flexibility index (Phi) is 15.0. The second-order valence-corrected chi connectivity index (χ2v) is 16.3. The molecule has 4 amide bonds. The van der Waals surface area contributed by atoms with E-state index in [2.05, 4.69) is 5.32 Å².